The Labute approximate surface area is 119 Å². The number of carbonyl (C=O) groups is 1. The Kier molecular flexibility index (Phi) is 6.61. The first kappa shape index (κ1) is 16.6. The summed E-state index contributed by atoms with van der Waals surface area (Å²) in [5, 5.41) is 13.0. The van der Waals surface area contributed by atoms with Gasteiger partial charge < -0.3 is 15.3 Å². The van der Waals surface area contributed by atoms with E-state index in [1.165, 1.54) is 24.3 Å². The molecule has 0 spiro atoms. The van der Waals surface area contributed by atoms with Crippen LogP contribution < -0.4 is 5.32 Å². The number of rotatable bonds is 7. The van der Waals surface area contributed by atoms with Crippen molar-refractivity contribution in [2.24, 2.45) is 5.92 Å². The summed E-state index contributed by atoms with van der Waals surface area (Å²) in [7, 11) is 1.71. The molecule has 0 fully saturated rings. The van der Waals surface area contributed by atoms with Crippen LogP contribution in [0.1, 0.15) is 25.5 Å². The highest BCUT2D eigenvalue weighted by molar-refractivity contribution is 5.78. The lowest BCUT2D eigenvalue weighted by Gasteiger charge is -2.27. The van der Waals surface area contributed by atoms with Gasteiger partial charge in [-0.3, -0.25) is 4.79 Å². The molecule has 1 aromatic rings. The van der Waals surface area contributed by atoms with Crippen molar-refractivity contribution in [3.05, 3.63) is 35.6 Å². The predicted molar refractivity (Wildman–Crippen MR) is 76.7 cm³/mol. The molecule has 0 aliphatic carbocycles. The summed E-state index contributed by atoms with van der Waals surface area (Å²) in [6, 6.07) is 5.69. The Morgan fingerprint density at radius 1 is 1.30 bits per heavy atom. The zero-order chi connectivity index (χ0) is 15.1. The van der Waals surface area contributed by atoms with E-state index >= 15 is 0 Å². The normalized spacial score (nSPS) is 12.5. The monoisotopic (exact) mass is 282 g/mol. The number of amides is 1. The zero-order valence-corrected chi connectivity index (χ0v) is 12.3. The molecule has 0 saturated carbocycles. The molecule has 0 heterocycles. The first-order chi connectivity index (χ1) is 9.43. The fraction of sp³-hybridized carbons (Fsp3) is 0.533. The van der Waals surface area contributed by atoms with Crippen LogP contribution in [0.15, 0.2) is 24.3 Å². The summed E-state index contributed by atoms with van der Waals surface area (Å²) in [4.78, 5) is 13.6. The van der Waals surface area contributed by atoms with E-state index in [2.05, 4.69) is 5.32 Å². The summed E-state index contributed by atoms with van der Waals surface area (Å²) < 4.78 is 12.9. The maximum Gasteiger partial charge on any atom is 0.236 e. The van der Waals surface area contributed by atoms with Crippen molar-refractivity contribution in [2.75, 3.05) is 26.7 Å². The van der Waals surface area contributed by atoms with Crippen LogP contribution in [0.25, 0.3) is 0 Å². The number of nitrogens with one attached hydrogen (secondary N) is 1. The molecule has 112 valence electrons. The minimum Gasteiger partial charge on any atom is -0.387 e. The van der Waals surface area contributed by atoms with Crippen molar-refractivity contribution in [1.29, 1.82) is 0 Å². The van der Waals surface area contributed by atoms with Gasteiger partial charge in [0.15, 0.2) is 0 Å². The van der Waals surface area contributed by atoms with Crippen molar-refractivity contribution in [3.8, 4) is 0 Å². The summed E-state index contributed by atoms with van der Waals surface area (Å²) in [6.07, 6.45) is -0.810. The molecule has 5 heteroatoms. The molecule has 1 rings (SSSR count). The van der Waals surface area contributed by atoms with Crippen LogP contribution in [0, 0.1) is 11.7 Å². The number of likely N-dealkylation sites (N-methyl/N-ethyl adjacent to an activating group) is 1. The number of carbonyl (C=O) groups excluding carboxylic acids is 1. The second-order valence-electron chi connectivity index (χ2n) is 5.29. The maximum absolute atomic E-state index is 12.9. The molecule has 1 atom stereocenters. The van der Waals surface area contributed by atoms with Crippen LogP contribution in [-0.4, -0.2) is 42.6 Å². The smallest absolute Gasteiger partial charge is 0.236 e. The SMILES string of the molecule is CNCC(=O)N(CC(C)C)CC(O)c1ccc(F)cc1. The largest absolute Gasteiger partial charge is 0.387 e. The lowest BCUT2D eigenvalue weighted by molar-refractivity contribution is -0.132. The summed E-state index contributed by atoms with van der Waals surface area (Å²) in [5.74, 6) is -0.0789. The van der Waals surface area contributed by atoms with Crippen molar-refractivity contribution >= 4 is 5.91 Å². The lowest BCUT2D eigenvalue weighted by atomic mass is 10.1. The fourth-order valence-corrected chi connectivity index (χ4v) is 1.98. The molecule has 0 aliphatic heterocycles. The number of aliphatic hydroxyl groups is 1. The lowest BCUT2D eigenvalue weighted by Crippen LogP contribution is -2.41. The molecule has 0 aromatic heterocycles. The topological polar surface area (TPSA) is 52.6 Å². The van der Waals surface area contributed by atoms with Crippen LogP contribution in [0.3, 0.4) is 0 Å². The van der Waals surface area contributed by atoms with E-state index < -0.39 is 6.10 Å². The van der Waals surface area contributed by atoms with Gasteiger partial charge in [-0.1, -0.05) is 26.0 Å². The summed E-state index contributed by atoms with van der Waals surface area (Å²) in [6.45, 7) is 5.07. The standard InChI is InChI=1S/C15H23FN2O2/c1-11(2)9-18(15(20)8-17-3)10-14(19)12-4-6-13(16)7-5-12/h4-7,11,14,17,19H,8-10H2,1-3H3. The van der Waals surface area contributed by atoms with Gasteiger partial charge in [0, 0.05) is 6.54 Å². The number of hydrogen-bond acceptors (Lipinski definition) is 3. The molecule has 20 heavy (non-hydrogen) atoms. The summed E-state index contributed by atoms with van der Waals surface area (Å²) >= 11 is 0. The highest BCUT2D eigenvalue weighted by atomic mass is 19.1. The van der Waals surface area contributed by atoms with E-state index in [9.17, 15) is 14.3 Å². The molecule has 2 N–H and O–H groups in total. The van der Waals surface area contributed by atoms with Gasteiger partial charge in [0.2, 0.25) is 5.91 Å². The molecule has 0 aliphatic rings. The molecule has 4 nitrogen and oxygen atoms in total. The van der Waals surface area contributed by atoms with E-state index in [4.69, 9.17) is 0 Å². The van der Waals surface area contributed by atoms with Crippen molar-refractivity contribution in [2.45, 2.75) is 20.0 Å². The molecule has 0 radical (unpaired) electrons. The molecule has 1 unspecified atom stereocenters. The Hall–Kier alpha value is -1.46. The molecular weight excluding hydrogens is 259 g/mol. The third kappa shape index (κ3) is 5.27. The first-order valence-electron chi connectivity index (χ1n) is 6.80. The molecule has 1 aromatic carbocycles. The first-order valence-corrected chi connectivity index (χ1v) is 6.80. The van der Waals surface area contributed by atoms with Crippen molar-refractivity contribution in [1.82, 2.24) is 10.2 Å². The predicted octanol–water partition coefficient (Wildman–Crippen LogP) is 1.56. The molecular formula is C15H23FN2O2. The van der Waals surface area contributed by atoms with Crippen molar-refractivity contribution in [3.63, 3.8) is 0 Å². The second-order valence-corrected chi connectivity index (χ2v) is 5.29. The molecule has 0 saturated heterocycles. The second kappa shape index (κ2) is 7.97. The number of benzene rings is 1. The maximum atomic E-state index is 12.9. The van der Waals surface area contributed by atoms with E-state index in [1.807, 2.05) is 13.8 Å². The van der Waals surface area contributed by atoms with Crippen molar-refractivity contribution < 1.29 is 14.3 Å². The van der Waals surface area contributed by atoms with Gasteiger partial charge in [0.1, 0.15) is 5.82 Å². The van der Waals surface area contributed by atoms with Crippen LogP contribution in [0.5, 0.6) is 0 Å². The van der Waals surface area contributed by atoms with Gasteiger partial charge in [0.05, 0.1) is 19.2 Å². The van der Waals surface area contributed by atoms with Gasteiger partial charge in [-0.25, -0.2) is 4.39 Å². The summed E-state index contributed by atoms with van der Waals surface area (Å²) in [5.41, 5.74) is 0.609. The van der Waals surface area contributed by atoms with Gasteiger partial charge in [-0.15, -0.1) is 0 Å². The number of nitrogens with zero attached hydrogens (tertiary/aromatic N) is 1. The Morgan fingerprint density at radius 2 is 1.90 bits per heavy atom. The van der Waals surface area contributed by atoms with Gasteiger partial charge in [-0.05, 0) is 30.7 Å². The third-order valence-electron chi connectivity index (χ3n) is 2.91. The number of aliphatic hydroxyl groups excluding tert-OH is 1. The minimum atomic E-state index is -0.810. The van der Waals surface area contributed by atoms with Crippen LogP contribution >= 0.6 is 0 Å². The molecule has 1 amide bonds. The van der Waals surface area contributed by atoms with Gasteiger partial charge >= 0.3 is 0 Å². The quantitative estimate of drug-likeness (QED) is 0.798. The van der Waals surface area contributed by atoms with Crippen LogP contribution in [0.4, 0.5) is 4.39 Å². The minimum absolute atomic E-state index is 0.0534. The highest BCUT2D eigenvalue weighted by Crippen LogP contribution is 2.15. The third-order valence-corrected chi connectivity index (χ3v) is 2.91. The van der Waals surface area contributed by atoms with E-state index in [-0.39, 0.29) is 24.8 Å². The Bertz CT molecular complexity index is 420. The number of hydrogen-bond donors (Lipinski definition) is 2. The Morgan fingerprint density at radius 3 is 2.40 bits per heavy atom. The number of halogens is 1. The van der Waals surface area contributed by atoms with E-state index in [0.717, 1.165) is 0 Å². The van der Waals surface area contributed by atoms with Gasteiger partial charge in [-0.2, -0.15) is 0 Å². The fourth-order valence-electron chi connectivity index (χ4n) is 1.98. The van der Waals surface area contributed by atoms with Crippen LogP contribution in [0.2, 0.25) is 0 Å². The average Bonchev–Trinajstić information content (AvgIpc) is 2.38. The Balaban J connectivity index is 2.72. The average molecular weight is 282 g/mol. The van der Waals surface area contributed by atoms with Gasteiger partial charge in [0.25, 0.3) is 0 Å². The van der Waals surface area contributed by atoms with E-state index in [0.29, 0.717) is 18.0 Å². The highest BCUT2D eigenvalue weighted by Gasteiger charge is 2.19. The van der Waals surface area contributed by atoms with E-state index in [1.54, 1.807) is 11.9 Å². The molecule has 0 bridgehead atoms. The zero-order valence-electron chi connectivity index (χ0n) is 12.3. The van der Waals surface area contributed by atoms with Crippen LogP contribution in [-0.2, 0) is 4.79 Å².